The molecule has 1 N–H and O–H groups in total. The van der Waals surface area contributed by atoms with Crippen molar-refractivity contribution in [3.63, 3.8) is 0 Å². The number of ether oxygens (including phenoxy) is 1. The quantitative estimate of drug-likeness (QED) is 0.850. The van der Waals surface area contributed by atoms with Crippen molar-refractivity contribution in [3.05, 3.63) is 11.8 Å². The van der Waals surface area contributed by atoms with Crippen molar-refractivity contribution in [2.45, 2.75) is 45.4 Å². The summed E-state index contributed by atoms with van der Waals surface area (Å²) in [6.07, 6.45) is 6.03. The molecule has 3 aliphatic carbocycles. The largest absolute Gasteiger partial charge is 0.477 e. The second-order valence-corrected chi connectivity index (χ2v) is 6.63. The van der Waals surface area contributed by atoms with Crippen LogP contribution >= 0.6 is 0 Å². The van der Waals surface area contributed by atoms with Gasteiger partial charge in [-0.25, -0.2) is 5.10 Å². The van der Waals surface area contributed by atoms with Crippen molar-refractivity contribution in [1.82, 2.24) is 10.2 Å². The molecule has 3 aliphatic rings. The maximum absolute atomic E-state index is 5.93. The fraction of sp³-hybridized carbons (Fsp3) is 0.769. The lowest BCUT2D eigenvalue weighted by Gasteiger charge is -2.61. The molecule has 1 aromatic heterocycles. The highest BCUT2D eigenvalue weighted by atomic mass is 16.5. The monoisotopic (exact) mass is 220 g/mol. The number of nitrogens with one attached hydrogen (secondary N) is 1. The highest BCUT2D eigenvalue weighted by molar-refractivity contribution is 5.30. The van der Waals surface area contributed by atoms with E-state index < -0.39 is 0 Å². The van der Waals surface area contributed by atoms with Gasteiger partial charge < -0.3 is 4.74 Å². The van der Waals surface area contributed by atoms with Gasteiger partial charge in [0.2, 0.25) is 5.88 Å². The minimum Gasteiger partial charge on any atom is -0.477 e. The van der Waals surface area contributed by atoms with Gasteiger partial charge in [0.1, 0.15) is 0 Å². The van der Waals surface area contributed by atoms with Crippen molar-refractivity contribution in [3.8, 4) is 5.88 Å². The molecule has 16 heavy (non-hydrogen) atoms. The van der Waals surface area contributed by atoms with E-state index in [1.54, 1.807) is 0 Å². The average molecular weight is 220 g/mol. The molecule has 0 atom stereocenters. The Kier molecular flexibility index (Phi) is 1.92. The van der Waals surface area contributed by atoms with Crippen LogP contribution in [-0.4, -0.2) is 16.8 Å². The number of rotatable bonds is 3. The molecule has 3 heteroatoms. The molecule has 0 aliphatic heterocycles. The Hall–Kier alpha value is -0.990. The number of nitrogens with zero attached hydrogens (tertiary/aromatic N) is 1. The number of hydrogen-bond donors (Lipinski definition) is 1. The Morgan fingerprint density at radius 1 is 1.44 bits per heavy atom. The van der Waals surface area contributed by atoms with Crippen molar-refractivity contribution >= 4 is 0 Å². The molecule has 1 aromatic rings. The Morgan fingerprint density at radius 2 is 2.12 bits per heavy atom. The molecule has 0 saturated heterocycles. The lowest BCUT2D eigenvalue weighted by Crippen LogP contribution is -2.55. The van der Waals surface area contributed by atoms with E-state index >= 15 is 0 Å². The number of hydrogen-bond acceptors (Lipinski definition) is 2. The van der Waals surface area contributed by atoms with Crippen molar-refractivity contribution < 1.29 is 4.74 Å². The fourth-order valence-electron chi connectivity index (χ4n) is 2.98. The molecule has 0 spiro atoms. The van der Waals surface area contributed by atoms with E-state index in [4.69, 9.17) is 4.74 Å². The summed E-state index contributed by atoms with van der Waals surface area (Å²) in [4.78, 5) is 0. The van der Waals surface area contributed by atoms with E-state index in [-0.39, 0.29) is 5.41 Å². The molecule has 3 fully saturated rings. The minimum absolute atomic E-state index is 0.0990. The molecule has 88 valence electrons. The third kappa shape index (κ3) is 1.45. The molecule has 4 rings (SSSR count). The second-order valence-electron chi connectivity index (χ2n) is 6.63. The molecular formula is C13H20N2O. The van der Waals surface area contributed by atoms with Crippen LogP contribution in [0, 0.1) is 11.3 Å². The van der Waals surface area contributed by atoms with E-state index in [2.05, 4.69) is 31.0 Å². The SMILES string of the molecule is CC(C)(C)c1cn[nH]c1OCC12CC(C1)C2. The fourth-order valence-corrected chi connectivity index (χ4v) is 2.98. The molecule has 0 aromatic carbocycles. The van der Waals surface area contributed by atoms with Crippen molar-refractivity contribution in [1.29, 1.82) is 0 Å². The highest BCUT2D eigenvalue weighted by Gasteiger charge is 2.57. The van der Waals surface area contributed by atoms with E-state index in [0.29, 0.717) is 5.41 Å². The Morgan fingerprint density at radius 3 is 2.62 bits per heavy atom. The second kappa shape index (κ2) is 3.02. The summed E-state index contributed by atoms with van der Waals surface area (Å²) < 4.78 is 5.93. The number of aromatic nitrogens is 2. The summed E-state index contributed by atoms with van der Waals surface area (Å²) in [5.74, 6) is 1.89. The molecular weight excluding hydrogens is 200 g/mol. The van der Waals surface area contributed by atoms with E-state index in [9.17, 15) is 0 Å². The molecule has 0 amide bonds. The third-order valence-electron chi connectivity index (χ3n) is 4.10. The maximum Gasteiger partial charge on any atom is 0.212 e. The summed E-state index contributed by atoms with van der Waals surface area (Å²) in [6, 6.07) is 0. The van der Waals surface area contributed by atoms with Gasteiger partial charge in [0, 0.05) is 11.0 Å². The van der Waals surface area contributed by atoms with Crippen LogP contribution in [0.5, 0.6) is 5.88 Å². The zero-order chi connectivity index (χ0) is 11.4. The number of aromatic amines is 1. The van der Waals surface area contributed by atoms with Gasteiger partial charge in [-0.3, -0.25) is 0 Å². The van der Waals surface area contributed by atoms with Gasteiger partial charge in [0.25, 0.3) is 0 Å². The first-order valence-corrected chi connectivity index (χ1v) is 6.15. The standard InChI is InChI=1S/C13H20N2O/c1-12(2,3)10-7-14-15-11(10)16-8-13-4-9(5-13)6-13/h7,9H,4-6,8H2,1-3H3,(H,14,15). The Bertz CT molecular complexity index is 385. The summed E-state index contributed by atoms with van der Waals surface area (Å²) in [5, 5.41) is 7.07. The van der Waals surface area contributed by atoms with Crippen LogP contribution in [-0.2, 0) is 5.41 Å². The topological polar surface area (TPSA) is 37.9 Å². The first kappa shape index (κ1) is 10.2. The third-order valence-corrected chi connectivity index (χ3v) is 4.10. The zero-order valence-electron chi connectivity index (χ0n) is 10.3. The first-order chi connectivity index (χ1) is 7.49. The molecule has 1 heterocycles. The van der Waals surface area contributed by atoms with Crippen molar-refractivity contribution in [2.75, 3.05) is 6.61 Å². The van der Waals surface area contributed by atoms with Gasteiger partial charge in [-0.2, -0.15) is 5.10 Å². The molecule has 2 bridgehead atoms. The normalized spacial score (nSPS) is 31.8. The predicted molar refractivity (Wildman–Crippen MR) is 62.6 cm³/mol. The highest BCUT2D eigenvalue weighted by Crippen LogP contribution is 2.64. The van der Waals surface area contributed by atoms with Crippen LogP contribution in [0.4, 0.5) is 0 Å². The van der Waals surface area contributed by atoms with Crippen LogP contribution in [0.25, 0.3) is 0 Å². The summed E-state index contributed by atoms with van der Waals surface area (Å²) in [5.41, 5.74) is 1.81. The van der Waals surface area contributed by atoms with Gasteiger partial charge >= 0.3 is 0 Å². The van der Waals surface area contributed by atoms with Gasteiger partial charge in [0.15, 0.2) is 0 Å². The van der Waals surface area contributed by atoms with Crippen LogP contribution < -0.4 is 4.74 Å². The molecule has 3 saturated carbocycles. The molecule has 0 unspecified atom stereocenters. The maximum atomic E-state index is 5.93. The average Bonchev–Trinajstić information content (AvgIpc) is 2.45. The Labute approximate surface area is 96.6 Å². The lowest BCUT2D eigenvalue weighted by atomic mass is 9.45. The summed E-state index contributed by atoms with van der Waals surface area (Å²) in [6.45, 7) is 7.43. The Balaban J connectivity index is 1.67. The number of H-pyrrole nitrogens is 1. The lowest BCUT2D eigenvalue weighted by molar-refractivity contribution is -0.132. The summed E-state index contributed by atoms with van der Waals surface area (Å²) in [7, 11) is 0. The minimum atomic E-state index is 0.0990. The van der Waals surface area contributed by atoms with Crippen molar-refractivity contribution in [2.24, 2.45) is 11.3 Å². The van der Waals surface area contributed by atoms with Gasteiger partial charge in [-0.15, -0.1) is 0 Å². The van der Waals surface area contributed by atoms with E-state index in [1.807, 2.05) is 6.20 Å². The molecule has 3 nitrogen and oxygen atoms in total. The smallest absolute Gasteiger partial charge is 0.212 e. The van der Waals surface area contributed by atoms with Crippen LogP contribution in [0.3, 0.4) is 0 Å². The van der Waals surface area contributed by atoms with Crippen LogP contribution in [0.15, 0.2) is 6.20 Å². The van der Waals surface area contributed by atoms with E-state index in [1.165, 1.54) is 24.8 Å². The van der Waals surface area contributed by atoms with Crippen LogP contribution in [0.1, 0.15) is 45.6 Å². The van der Waals surface area contributed by atoms with Gasteiger partial charge in [-0.05, 0) is 30.6 Å². The van der Waals surface area contributed by atoms with E-state index in [0.717, 1.165) is 18.4 Å². The summed E-state index contributed by atoms with van der Waals surface area (Å²) >= 11 is 0. The first-order valence-electron chi connectivity index (χ1n) is 6.15. The van der Waals surface area contributed by atoms with Gasteiger partial charge in [-0.1, -0.05) is 20.8 Å². The van der Waals surface area contributed by atoms with Crippen LogP contribution in [0.2, 0.25) is 0 Å². The van der Waals surface area contributed by atoms with Gasteiger partial charge in [0.05, 0.1) is 12.8 Å². The zero-order valence-corrected chi connectivity index (χ0v) is 10.3. The predicted octanol–water partition coefficient (Wildman–Crippen LogP) is 2.89. The molecule has 0 radical (unpaired) electrons.